The van der Waals surface area contributed by atoms with Crippen LogP contribution in [-0.2, 0) is 0 Å². The third-order valence-corrected chi connectivity index (χ3v) is 5.12. The molecule has 84 valence electrons. The van der Waals surface area contributed by atoms with Crippen LogP contribution >= 0.6 is 0 Å². The highest BCUT2D eigenvalue weighted by Crippen LogP contribution is 2.48. The molecular weight excluding hydrogens is 192 g/mol. The minimum absolute atomic E-state index is 1.37. The number of allylic oxidation sites excluding steroid dienone is 6. The quantitative estimate of drug-likeness (QED) is 0.504. The summed E-state index contributed by atoms with van der Waals surface area (Å²) in [6.07, 6.45) is 14.0. The van der Waals surface area contributed by atoms with Gasteiger partial charge in [0.15, 0.2) is 0 Å². The monoisotopic (exact) mass is 212 g/mol. The molecule has 0 fully saturated rings. The lowest BCUT2D eigenvalue weighted by Gasteiger charge is -2.08. The highest BCUT2D eigenvalue weighted by atomic mass is 14.3. The average Bonchev–Trinajstić information content (AvgIpc) is 2.94. The van der Waals surface area contributed by atoms with Crippen LogP contribution in [0.3, 0.4) is 0 Å². The van der Waals surface area contributed by atoms with E-state index in [0.29, 0.717) is 0 Å². The van der Waals surface area contributed by atoms with Gasteiger partial charge in [-0.1, -0.05) is 33.4 Å². The van der Waals surface area contributed by atoms with Crippen LogP contribution in [0.5, 0.6) is 0 Å². The van der Waals surface area contributed by atoms with Gasteiger partial charge in [-0.3, -0.25) is 0 Å². The van der Waals surface area contributed by atoms with E-state index in [-0.39, 0.29) is 0 Å². The first kappa shape index (κ1) is 9.27. The van der Waals surface area contributed by atoms with Crippen LogP contribution in [0, 0.1) is 0 Å². The van der Waals surface area contributed by atoms with Gasteiger partial charge in [-0.2, -0.15) is 0 Å². The Morgan fingerprint density at radius 2 is 0.688 bits per heavy atom. The first-order valence-corrected chi connectivity index (χ1v) is 6.99. The maximum absolute atomic E-state index is 1.83. The maximum atomic E-state index is 1.83. The maximum Gasteiger partial charge on any atom is -0.00995 e. The van der Waals surface area contributed by atoms with Gasteiger partial charge >= 0.3 is 0 Å². The summed E-state index contributed by atoms with van der Waals surface area (Å²) < 4.78 is 0. The zero-order chi connectivity index (χ0) is 10.5. The Morgan fingerprint density at radius 1 is 0.375 bits per heavy atom. The van der Waals surface area contributed by atoms with Crippen LogP contribution in [0.1, 0.15) is 64.2 Å². The molecule has 0 saturated heterocycles. The lowest BCUT2D eigenvalue weighted by atomic mass is 9.97. The standard InChI is InChI=1S/C16H20/c1-3-11-7-15(8-12(11)4-1)16-9-13-5-2-6-14(13)10-16/h1-10H2. The van der Waals surface area contributed by atoms with Gasteiger partial charge in [-0.15, -0.1) is 0 Å². The Kier molecular flexibility index (Phi) is 1.94. The van der Waals surface area contributed by atoms with Crippen molar-refractivity contribution in [2.24, 2.45) is 0 Å². The lowest BCUT2D eigenvalue weighted by Crippen LogP contribution is -1.89. The van der Waals surface area contributed by atoms with Crippen molar-refractivity contribution in [3.63, 3.8) is 0 Å². The predicted octanol–water partition coefficient (Wildman–Crippen LogP) is 4.83. The van der Waals surface area contributed by atoms with E-state index >= 15 is 0 Å². The molecule has 4 aliphatic carbocycles. The van der Waals surface area contributed by atoms with Gasteiger partial charge in [-0.25, -0.2) is 0 Å². The molecular formula is C16H20. The largest absolute Gasteiger partial charge is 0.0666 e. The van der Waals surface area contributed by atoms with Crippen molar-refractivity contribution in [1.82, 2.24) is 0 Å². The van der Waals surface area contributed by atoms with Crippen LogP contribution in [-0.4, -0.2) is 0 Å². The Hall–Kier alpha value is -0.780. The molecule has 0 spiro atoms. The van der Waals surface area contributed by atoms with Crippen molar-refractivity contribution in [2.45, 2.75) is 64.2 Å². The Bertz CT molecular complexity index is 365. The van der Waals surface area contributed by atoms with Gasteiger partial charge < -0.3 is 0 Å². The second kappa shape index (κ2) is 3.35. The molecule has 0 aromatic carbocycles. The van der Waals surface area contributed by atoms with E-state index in [2.05, 4.69) is 0 Å². The molecule has 0 radical (unpaired) electrons. The molecule has 0 bridgehead atoms. The second-order valence-corrected chi connectivity index (χ2v) is 6.04. The third kappa shape index (κ3) is 1.28. The van der Waals surface area contributed by atoms with Crippen molar-refractivity contribution < 1.29 is 0 Å². The van der Waals surface area contributed by atoms with E-state index < -0.39 is 0 Å². The fourth-order valence-corrected chi connectivity index (χ4v) is 4.25. The summed E-state index contributed by atoms with van der Waals surface area (Å²) in [5.74, 6) is 0. The van der Waals surface area contributed by atoms with Crippen LogP contribution in [0.2, 0.25) is 0 Å². The fraction of sp³-hybridized carbons (Fsp3) is 0.625. The molecule has 0 heterocycles. The highest BCUT2D eigenvalue weighted by molar-refractivity contribution is 5.45. The molecule has 0 aromatic rings. The number of rotatable bonds is 0. The second-order valence-electron chi connectivity index (χ2n) is 6.04. The summed E-state index contributed by atoms with van der Waals surface area (Å²) in [6.45, 7) is 0. The summed E-state index contributed by atoms with van der Waals surface area (Å²) in [7, 11) is 0. The Labute approximate surface area is 98.1 Å². The molecule has 4 aliphatic rings. The SMILES string of the molecule is C1CC2=C(C1)CC(=C1CC3=C(CCC3)C1)C2. The molecule has 0 aromatic heterocycles. The Balaban J connectivity index is 1.56. The third-order valence-electron chi connectivity index (χ3n) is 5.12. The van der Waals surface area contributed by atoms with Gasteiger partial charge in [0.25, 0.3) is 0 Å². The molecule has 0 unspecified atom stereocenters. The van der Waals surface area contributed by atoms with Crippen LogP contribution < -0.4 is 0 Å². The molecule has 0 saturated carbocycles. The normalized spacial score (nSPS) is 28.5. The number of hydrogen-bond donors (Lipinski definition) is 0. The van der Waals surface area contributed by atoms with Crippen LogP contribution in [0.4, 0.5) is 0 Å². The van der Waals surface area contributed by atoms with E-state index in [1.807, 2.05) is 33.4 Å². The molecule has 0 N–H and O–H groups in total. The minimum atomic E-state index is 1.37. The highest BCUT2D eigenvalue weighted by Gasteiger charge is 2.29. The summed E-state index contributed by atoms with van der Waals surface area (Å²) in [5, 5.41) is 0. The van der Waals surface area contributed by atoms with Crippen molar-refractivity contribution in [2.75, 3.05) is 0 Å². The molecule has 0 aliphatic heterocycles. The first-order valence-electron chi connectivity index (χ1n) is 6.99. The zero-order valence-corrected chi connectivity index (χ0v) is 10.1. The van der Waals surface area contributed by atoms with Gasteiger partial charge in [0, 0.05) is 0 Å². The fourth-order valence-electron chi connectivity index (χ4n) is 4.25. The van der Waals surface area contributed by atoms with Gasteiger partial charge in [0.1, 0.15) is 0 Å². The first-order chi connectivity index (χ1) is 7.90. The molecule has 0 atom stereocenters. The van der Waals surface area contributed by atoms with E-state index in [1.165, 1.54) is 64.2 Å². The van der Waals surface area contributed by atoms with Gasteiger partial charge in [0.05, 0.1) is 0 Å². The van der Waals surface area contributed by atoms with Crippen LogP contribution in [0.15, 0.2) is 33.4 Å². The summed E-state index contributed by atoms with van der Waals surface area (Å²) in [6, 6.07) is 0. The van der Waals surface area contributed by atoms with Crippen molar-refractivity contribution in [3.05, 3.63) is 33.4 Å². The van der Waals surface area contributed by atoms with E-state index in [0.717, 1.165) is 0 Å². The molecule has 16 heavy (non-hydrogen) atoms. The van der Waals surface area contributed by atoms with Crippen LogP contribution in [0.25, 0.3) is 0 Å². The number of hydrogen-bond acceptors (Lipinski definition) is 0. The summed E-state index contributed by atoms with van der Waals surface area (Å²) >= 11 is 0. The van der Waals surface area contributed by atoms with Gasteiger partial charge in [-0.05, 0) is 64.2 Å². The van der Waals surface area contributed by atoms with E-state index in [1.54, 1.807) is 0 Å². The summed E-state index contributed by atoms with van der Waals surface area (Å²) in [4.78, 5) is 0. The smallest absolute Gasteiger partial charge is 0.00995 e. The lowest BCUT2D eigenvalue weighted by molar-refractivity contribution is 0.812. The molecule has 4 rings (SSSR count). The summed E-state index contributed by atoms with van der Waals surface area (Å²) in [5.41, 5.74) is 11.0. The molecule has 0 amide bonds. The predicted molar refractivity (Wildman–Crippen MR) is 67.2 cm³/mol. The van der Waals surface area contributed by atoms with Gasteiger partial charge in [0.2, 0.25) is 0 Å². The van der Waals surface area contributed by atoms with Crippen molar-refractivity contribution in [3.8, 4) is 0 Å². The average molecular weight is 212 g/mol. The van der Waals surface area contributed by atoms with Crippen molar-refractivity contribution >= 4 is 0 Å². The minimum Gasteiger partial charge on any atom is -0.0666 e. The molecule has 0 heteroatoms. The zero-order valence-electron chi connectivity index (χ0n) is 10.1. The van der Waals surface area contributed by atoms with E-state index in [4.69, 9.17) is 0 Å². The van der Waals surface area contributed by atoms with E-state index in [9.17, 15) is 0 Å². The topological polar surface area (TPSA) is 0 Å². The Morgan fingerprint density at radius 3 is 1.00 bits per heavy atom. The molecule has 0 nitrogen and oxygen atoms in total. The van der Waals surface area contributed by atoms with Crippen molar-refractivity contribution in [1.29, 1.82) is 0 Å².